The highest BCUT2D eigenvalue weighted by Gasteiger charge is 2.35. The minimum Gasteiger partial charge on any atom is -0.488 e. The fraction of sp³-hybridized carbons (Fsp3) is 0.273. The van der Waals surface area contributed by atoms with E-state index in [2.05, 4.69) is 0 Å². The summed E-state index contributed by atoms with van der Waals surface area (Å²) in [7, 11) is -2.98. The van der Waals surface area contributed by atoms with Gasteiger partial charge in [0.2, 0.25) is 0 Å². The first kappa shape index (κ1) is 12.6. The maximum atomic E-state index is 11.2. The second-order valence-corrected chi connectivity index (χ2v) is 6.13. The van der Waals surface area contributed by atoms with Crippen LogP contribution in [-0.2, 0) is 14.6 Å². The van der Waals surface area contributed by atoms with Crippen molar-refractivity contribution in [2.24, 2.45) is 0 Å². The largest absolute Gasteiger partial charge is 0.488 e. The standard InChI is InChI=1S/C11H10O6S/c12-10(11(13)14)7-2-1-3-8(4-7)17-9-5-18(15,16)6-9/h1-4,9H,5-6H2,(H,13,14). The third-order valence-electron chi connectivity index (χ3n) is 2.47. The molecule has 0 amide bonds. The molecule has 1 heterocycles. The maximum absolute atomic E-state index is 11.2. The van der Waals surface area contributed by atoms with E-state index in [1.165, 1.54) is 18.2 Å². The molecule has 7 heteroatoms. The van der Waals surface area contributed by atoms with Crippen LogP contribution in [0, 0.1) is 0 Å². The summed E-state index contributed by atoms with van der Waals surface area (Å²) in [5.74, 6) is -2.38. The number of hydrogen-bond acceptors (Lipinski definition) is 5. The summed E-state index contributed by atoms with van der Waals surface area (Å²) >= 11 is 0. The summed E-state index contributed by atoms with van der Waals surface area (Å²) in [6.45, 7) is 0. The minimum atomic E-state index is -2.98. The predicted molar refractivity (Wildman–Crippen MR) is 61.5 cm³/mol. The zero-order valence-corrected chi connectivity index (χ0v) is 10.0. The van der Waals surface area contributed by atoms with Crippen molar-refractivity contribution in [1.29, 1.82) is 0 Å². The molecule has 0 aliphatic carbocycles. The van der Waals surface area contributed by atoms with Gasteiger partial charge in [0.15, 0.2) is 9.84 Å². The maximum Gasteiger partial charge on any atom is 0.377 e. The number of Topliss-reactive ketones (excluding diaryl/α,β-unsaturated/α-hetero) is 1. The zero-order chi connectivity index (χ0) is 13.3. The molecule has 2 rings (SSSR count). The van der Waals surface area contributed by atoms with Crippen molar-refractivity contribution in [2.45, 2.75) is 6.10 Å². The molecule has 1 saturated heterocycles. The Labute approximate surface area is 103 Å². The first-order valence-electron chi connectivity index (χ1n) is 5.12. The first-order chi connectivity index (χ1) is 8.37. The number of carboxylic acid groups (broad SMARTS) is 1. The molecule has 0 spiro atoms. The lowest BCUT2D eigenvalue weighted by Gasteiger charge is -2.26. The third-order valence-corrected chi connectivity index (χ3v) is 4.23. The summed E-state index contributed by atoms with van der Waals surface area (Å²) in [5.41, 5.74) is 0.00202. The first-order valence-corrected chi connectivity index (χ1v) is 6.94. The topological polar surface area (TPSA) is 97.7 Å². The van der Waals surface area contributed by atoms with Gasteiger partial charge in [-0.1, -0.05) is 12.1 Å². The van der Waals surface area contributed by atoms with Crippen LogP contribution in [-0.4, -0.2) is 42.9 Å². The van der Waals surface area contributed by atoms with Crippen LogP contribution in [0.3, 0.4) is 0 Å². The van der Waals surface area contributed by atoms with E-state index >= 15 is 0 Å². The zero-order valence-electron chi connectivity index (χ0n) is 9.20. The van der Waals surface area contributed by atoms with E-state index in [4.69, 9.17) is 9.84 Å². The monoisotopic (exact) mass is 270 g/mol. The Kier molecular flexibility index (Phi) is 3.08. The summed E-state index contributed by atoms with van der Waals surface area (Å²) in [6.07, 6.45) is -0.426. The van der Waals surface area contributed by atoms with Crippen LogP contribution < -0.4 is 4.74 Å². The molecule has 0 aromatic heterocycles. The summed E-state index contributed by atoms with van der Waals surface area (Å²) in [4.78, 5) is 21.7. The Morgan fingerprint density at radius 1 is 1.28 bits per heavy atom. The Balaban J connectivity index is 2.09. The van der Waals surface area contributed by atoms with Crippen molar-refractivity contribution in [2.75, 3.05) is 11.5 Å². The van der Waals surface area contributed by atoms with E-state index < -0.39 is 27.7 Å². The molecule has 96 valence electrons. The van der Waals surface area contributed by atoms with Gasteiger partial charge in [-0.15, -0.1) is 0 Å². The van der Waals surface area contributed by atoms with Crippen LogP contribution in [0.1, 0.15) is 10.4 Å². The minimum absolute atomic E-state index is 0.00202. The van der Waals surface area contributed by atoms with Crippen LogP contribution in [0.2, 0.25) is 0 Å². The van der Waals surface area contributed by atoms with Crippen molar-refractivity contribution in [1.82, 2.24) is 0 Å². The Morgan fingerprint density at radius 2 is 1.94 bits per heavy atom. The summed E-state index contributed by atoms with van der Waals surface area (Å²) in [6, 6.07) is 5.68. The van der Waals surface area contributed by atoms with Crippen molar-refractivity contribution in [3.63, 3.8) is 0 Å². The number of carbonyl (C=O) groups is 2. The van der Waals surface area contributed by atoms with E-state index in [1.54, 1.807) is 6.07 Å². The molecule has 0 saturated carbocycles. The van der Waals surface area contributed by atoms with E-state index in [9.17, 15) is 18.0 Å². The van der Waals surface area contributed by atoms with Gasteiger partial charge in [-0.25, -0.2) is 13.2 Å². The van der Waals surface area contributed by atoms with Crippen molar-refractivity contribution in [3.8, 4) is 5.75 Å². The number of benzene rings is 1. The van der Waals surface area contributed by atoms with Crippen LogP contribution >= 0.6 is 0 Å². The molecule has 1 fully saturated rings. The van der Waals surface area contributed by atoms with Gasteiger partial charge in [-0.05, 0) is 12.1 Å². The van der Waals surface area contributed by atoms with E-state index in [-0.39, 0.29) is 17.1 Å². The lowest BCUT2D eigenvalue weighted by atomic mass is 10.1. The van der Waals surface area contributed by atoms with Crippen molar-refractivity contribution >= 4 is 21.6 Å². The normalized spacial score (nSPS) is 17.8. The highest BCUT2D eigenvalue weighted by atomic mass is 32.2. The average molecular weight is 270 g/mol. The van der Waals surface area contributed by atoms with Gasteiger partial charge in [0.05, 0.1) is 11.5 Å². The second-order valence-electron chi connectivity index (χ2n) is 3.98. The Bertz CT molecular complexity index is 592. The molecule has 1 aliphatic heterocycles. The number of ether oxygens (including phenoxy) is 1. The van der Waals surface area contributed by atoms with Gasteiger partial charge in [0, 0.05) is 5.56 Å². The van der Waals surface area contributed by atoms with Crippen LogP contribution in [0.5, 0.6) is 5.75 Å². The van der Waals surface area contributed by atoms with Gasteiger partial charge in [0.25, 0.3) is 5.78 Å². The van der Waals surface area contributed by atoms with Gasteiger partial charge >= 0.3 is 5.97 Å². The summed E-state index contributed by atoms with van der Waals surface area (Å²) < 4.78 is 27.2. The molecule has 0 radical (unpaired) electrons. The van der Waals surface area contributed by atoms with Crippen LogP contribution in [0.25, 0.3) is 0 Å². The van der Waals surface area contributed by atoms with Gasteiger partial charge in [0.1, 0.15) is 11.9 Å². The number of carbonyl (C=O) groups excluding carboxylic acids is 1. The van der Waals surface area contributed by atoms with Gasteiger partial charge < -0.3 is 9.84 Å². The molecule has 6 nitrogen and oxygen atoms in total. The van der Waals surface area contributed by atoms with Crippen LogP contribution in [0.4, 0.5) is 0 Å². The number of carboxylic acids is 1. The predicted octanol–water partition coefficient (Wildman–Crippen LogP) is 0.130. The molecule has 1 aromatic rings. The fourth-order valence-corrected chi connectivity index (χ4v) is 2.78. The lowest BCUT2D eigenvalue weighted by Crippen LogP contribution is -2.45. The van der Waals surface area contributed by atoms with Crippen molar-refractivity contribution < 1.29 is 27.9 Å². The number of rotatable bonds is 4. The Morgan fingerprint density at radius 3 is 2.50 bits per heavy atom. The van der Waals surface area contributed by atoms with Crippen molar-refractivity contribution in [3.05, 3.63) is 29.8 Å². The molecule has 18 heavy (non-hydrogen) atoms. The molecular weight excluding hydrogens is 260 g/mol. The van der Waals surface area contributed by atoms with Gasteiger partial charge in [-0.2, -0.15) is 0 Å². The third kappa shape index (κ3) is 2.67. The molecule has 1 N–H and O–H groups in total. The highest BCUT2D eigenvalue weighted by Crippen LogP contribution is 2.20. The summed E-state index contributed by atoms with van der Waals surface area (Å²) in [5, 5.41) is 8.56. The van der Waals surface area contributed by atoms with E-state index in [1.807, 2.05) is 0 Å². The molecule has 1 aliphatic rings. The average Bonchev–Trinajstić information content (AvgIpc) is 2.26. The molecule has 0 unspecified atom stereocenters. The number of ketones is 1. The smallest absolute Gasteiger partial charge is 0.377 e. The van der Waals surface area contributed by atoms with E-state index in [0.29, 0.717) is 5.75 Å². The van der Waals surface area contributed by atoms with Gasteiger partial charge in [-0.3, -0.25) is 4.79 Å². The van der Waals surface area contributed by atoms with E-state index in [0.717, 1.165) is 0 Å². The number of sulfone groups is 1. The fourth-order valence-electron chi connectivity index (χ4n) is 1.61. The highest BCUT2D eigenvalue weighted by molar-refractivity contribution is 7.92. The Hall–Kier alpha value is -1.89. The molecule has 0 bridgehead atoms. The molecule has 1 aromatic carbocycles. The number of hydrogen-bond donors (Lipinski definition) is 1. The van der Waals surface area contributed by atoms with Crippen LogP contribution in [0.15, 0.2) is 24.3 Å². The molecule has 0 atom stereocenters. The lowest BCUT2D eigenvalue weighted by molar-refractivity contribution is -0.131. The molecular formula is C11H10O6S. The quantitative estimate of drug-likeness (QED) is 0.617. The second kappa shape index (κ2) is 4.41. The number of aliphatic carboxylic acids is 1. The SMILES string of the molecule is O=C(O)C(=O)c1cccc(OC2CS(=O)(=O)C2)c1.